The summed E-state index contributed by atoms with van der Waals surface area (Å²) >= 11 is 0. The molecule has 8 N–H and O–H groups in total. The standard InChI is InChI=1S/C57H112NO11P/c1-3-5-7-9-11-13-15-16-17-18-19-20-21-22-23-24-25-26-27-28-29-30-31-32-33-34-35-37-39-41-43-45-47-51(60)58-49(50(59)46-44-42-40-38-36-14-12-10-8-6-4-2)48-68-70(66,67)69-57-55(64)53(62)52(61)54(63)56(57)65/h44,46,49-50,52-57,59,61-65H,3-43,45,47-48H2,1-2H3,(H,58,60)(H,66,67)/b46-44+/t49-,50+,52?,53+,54?,55?,56?,57?/m0/s1. The van der Waals surface area contributed by atoms with Crippen LogP contribution in [0.5, 0.6) is 0 Å². The largest absolute Gasteiger partial charge is 0.472 e. The van der Waals surface area contributed by atoms with Gasteiger partial charge in [0.1, 0.15) is 36.6 Å². The van der Waals surface area contributed by atoms with Crippen molar-refractivity contribution in [1.82, 2.24) is 5.32 Å². The van der Waals surface area contributed by atoms with Crippen molar-refractivity contribution in [2.75, 3.05) is 6.61 Å². The van der Waals surface area contributed by atoms with Crippen LogP contribution in [0.4, 0.5) is 0 Å². The Labute approximate surface area is 429 Å². The summed E-state index contributed by atoms with van der Waals surface area (Å²) in [6, 6.07) is -1.11. The van der Waals surface area contributed by atoms with Crippen molar-refractivity contribution in [3.05, 3.63) is 12.2 Å². The Balaban J connectivity index is 2.17. The second kappa shape index (κ2) is 46.6. The number of carbonyl (C=O) groups is 1. The maximum atomic E-state index is 13.0. The first-order valence-corrected chi connectivity index (χ1v) is 31.1. The fourth-order valence-electron chi connectivity index (χ4n) is 9.79. The molecule has 1 amide bonds. The van der Waals surface area contributed by atoms with Crippen LogP contribution in [0.1, 0.15) is 290 Å². The molecule has 9 atom stereocenters. The number of phosphoric acid groups is 1. The number of hydrogen-bond donors (Lipinski definition) is 8. The molecule has 12 nitrogen and oxygen atoms in total. The highest BCUT2D eigenvalue weighted by molar-refractivity contribution is 7.47. The van der Waals surface area contributed by atoms with E-state index in [1.807, 2.05) is 6.08 Å². The van der Waals surface area contributed by atoms with E-state index in [4.69, 9.17) is 9.05 Å². The van der Waals surface area contributed by atoms with Crippen LogP contribution < -0.4 is 5.32 Å². The van der Waals surface area contributed by atoms with Gasteiger partial charge in [-0.25, -0.2) is 4.57 Å². The van der Waals surface area contributed by atoms with E-state index in [1.165, 1.54) is 224 Å². The van der Waals surface area contributed by atoms with Crippen LogP contribution in [0, 0.1) is 0 Å². The lowest BCUT2D eigenvalue weighted by molar-refractivity contribution is -0.220. The second-order valence-electron chi connectivity index (χ2n) is 21.2. The minimum Gasteiger partial charge on any atom is -0.387 e. The second-order valence-corrected chi connectivity index (χ2v) is 22.6. The zero-order valence-corrected chi connectivity index (χ0v) is 46.0. The molecule has 1 aliphatic carbocycles. The van der Waals surface area contributed by atoms with Crippen molar-refractivity contribution >= 4 is 13.7 Å². The van der Waals surface area contributed by atoms with Gasteiger partial charge in [0.15, 0.2) is 0 Å². The van der Waals surface area contributed by atoms with E-state index in [-0.39, 0.29) is 12.3 Å². The van der Waals surface area contributed by atoms with E-state index >= 15 is 0 Å². The highest BCUT2D eigenvalue weighted by Crippen LogP contribution is 2.47. The van der Waals surface area contributed by atoms with Gasteiger partial charge >= 0.3 is 7.82 Å². The minimum absolute atomic E-state index is 0.219. The lowest BCUT2D eigenvalue weighted by Crippen LogP contribution is -2.64. The number of aliphatic hydroxyl groups is 6. The van der Waals surface area contributed by atoms with E-state index < -0.39 is 63.2 Å². The van der Waals surface area contributed by atoms with Crippen molar-refractivity contribution in [3.63, 3.8) is 0 Å². The monoisotopic (exact) mass is 1020 g/mol. The molecule has 13 heteroatoms. The van der Waals surface area contributed by atoms with Crippen LogP contribution in [0.2, 0.25) is 0 Å². The number of rotatable bonds is 51. The van der Waals surface area contributed by atoms with E-state index in [0.717, 1.165) is 44.9 Å². The van der Waals surface area contributed by atoms with Crippen LogP contribution in [0.25, 0.3) is 0 Å². The maximum Gasteiger partial charge on any atom is 0.472 e. The molecule has 0 heterocycles. The van der Waals surface area contributed by atoms with Crippen molar-refractivity contribution in [2.45, 2.75) is 339 Å². The Morgan fingerprint density at radius 3 is 1.09 bits per heavy atom. The number of allylic oxidation sites excluding steroid dienone is 1. The van der Waals surface area contributed by atoms with Crippen LogP contribution in [-0.4, -0.2) is 96.8 Å². The topological polar surface area (TPSA) is 206 Å². The fraction of sp³-hybridized carbons (Fsp3) is 0.947. The van der Waals surface area contributed by atoms with Gasteiger partial charge < -0.3 is 40.8 Å². The van der Waals surface area contributed by atoms with E-state index in [2.05, 4.69) is 19.2 Å². The highest BCUT2D eigenvalue weighted by atomic mass is 31.2. The number of hydrogen-bond acceptors (Lipinski definition) is 10. The molecule has 416 valence electrons. The number of unbranched alkanes of at least 4 members (excludes halogenated alkanes) is 40. The van der Waals surface area contributed by atoms with E-state index in [0.29, 0.717) is 6.42 Å². The van der Waals surface area contributed by atoms with Gasteiger partial charge in [0.05, 0.1) is 18.8 Å². The minimum atomic E-state index is -5.08. The van der Waals surface area contributed by atoms with Gasteiger partial charge in [-0.05, 0) is 19.3 Å². The number of aliphatic hydroxyl groups excluding tert-OH is 6. The van der Waals surface area contributed by atoms with Gasteiger partial charge in [0.25, 0.3) is 0 Å². The average Bonchev–Trinajstić information content (AvgIpc) is 3.34. The molecule has 0 aromatic carbocycles. The lowest BCUT2D eigenvalue weighted by atomic mass is 9.85. The van der Waals surface area contributed by atoms with Gasteiger partial charge in [-0.2, -0.15) is 0 Å². The number of carbonyl (C=O) groups excluding carboxylic acids is 1. The number of nitrogens with one attached hydrogen (secondary N) is 1. The van der Waals surface area contributed by atoms with Crippen LogP contribution in [-0.2, 0) is 18.4 Å². The molecular formula is C57H112NO11P. The first-order chi connectivity index (χ1) is 33.9. The van der Waals surface area contributed by atoms with Crippen molar-refractivity contribution in [3.8, 4) is 0 Å². The zero-order valence-electron chi connectivity index (χ0n) is 45.1. The van der Waals surface area contributed by atoms with Crippen LogP contribution in [0.3, 0.4) is 0 Å². The Kier molecular flexibility index (Phi) is 44.7. The molecule has 0 spiro atoms. The Bertz CT molecular complexity index is 1230. The lowest BCUT2D eigenvalue weighted by Gasteiger charge is -2.41. The van der Waals surface area contributed by atoms with Gasteiger partial charge in [0.2, 0.25) is 5.91 Å². The molecule has 0 bridgehead atoms. The molecule has 1 rings (SSSR count). The van der Waals surface area contributed by atoms with Gasteiger partial charge in [0, 0.05) is 6.42 Å². The smallest absolute Gasteiger partial charge is 0.387 e. The summed E-state index contributed by atoms with van der Waals surface area (Å²) in [5.41, 5.74) is 0. The highest BCUT2D eigenvalue weighted by Gasteiger charge is 2.51. The van der Waals surface area contributed by atoms with Gasteiger partial charge in [-0.1, -0.05) is 276 Å². The average molecular weight is 1020 g/mol. The third kappa shape index (κ3) is 36.9. The third-order valence-electron chi connectivity index (χ3n) is 14.6. The molecule has 0 saturated heterocycles. The molecule has 0 aromatic heterocycles. The van der Waals surface area contributed by atoms with Crippen molar-refractivity contribution in [1.29, 1.82) is 0 Å². The first kappa shape index (κ1) is 67.1. The molecule has 0 radical (unpaired) electrons. The summed E-state index contributed by atoms with van der Waals surface area (Å²) in [6.07, 6.45) is 44.7. The Morgan fingerprint density at radius 2 is 0.757 bits per heavy atom. The predicted molar refractivity (Wildman–Crippen MR) is 288 cm³/mol. The number of amides is 1. The summed E-state index contributed by atoms with van der Waals surface area (Å²) in [5, 5.41) is 64.1. The van der Waals surface area contributed by atoms with Gasteiger partial charge in [-0.15, -0.1) is 0 Å². The molecule has 1 aliphatic rings. The number of phosphoric ester groups is 1. The normalized spacial score (nSPS) is 21.3. The zero-order chi connectivity index (χ0) is 51.3. The van der Waals surface area contributed by atoms with E-state index in [1.54, 1.807) is 0 Å². The van der Waals surface area contributed by atoms with Crippen LogP contribution in [0.15, 0.2) is 12.2 Å². The Morgan fingerprint density at radius 1 is 0.471 bits per heavy atom. The Hall–Kier alpha value is -0.920. The van der Waals surface area contributed by atoms with Crippen molar-refractivity contribution in [2.24, 2.45) is 0 Å². The third-order valence-corrected chi connectivity index (χ3v) is 15.6. The summed E-state index contributed by atoms with van der Waals surface area (Å²) < 4.78 is 23.0. The first-order valence-electron chi connectivity index (χ1n) is 29.6. The summed E-state index contributed by atoms with van der Waals surface area (Å²) in [4.78, 5) is 23.5. The maximum absolute atomic E-state index is 13.0. The molecular weight excluding hydrogens is 906 g/mol. The molecule has 6 unspecified atom stereocenters. The SMILES string of the molecule is CCCCCCCCCCC/C=C/[C@@H](O)[C@H](COP(=O)(O)OC1C(O)C(O)C(O)[C@@H](O)C1O)NC(=O)CCCCCCCCCCCCCCCCCCCCCCCCCCCCCCCCCC. The quantitative estimate of drug-likeness (QED) is 0.0163. The van der Waals surface area contributed by atoms with Crippen LogP contribution >= 0.6 is 7.82 Å². The molecule has 0 aromatic rings. The molecule has 1 fully saturated rings. The molecule has 1 saturated carbocycles. The van der Waals surface area contributed by atoms with Gasteiger partial charge in [-0.3, -0.25) is 13.8 Å². The predicted octanol–water partition coefficient (Wildman–Crippen LogP) is 13.5. The molecule has 0 aliphatic heterocycles. The van der Waals surface area contributed by atoms with E-state index in [9.17, 15) is 44.9 Å². The summed E-state index contributed by atoms with van der Waals surface area (Å²) in [7, 11) is -5.08. The summed E-state index contributed by atoms with van der Waals surface area (Å²) in [6.45, 7) is 3.86. The fourth-order valence-corrected chi connectivity index (χ4v) is 10.8. The molecule has 70 heavy (non-hydrogen) atoms. The summed E-state index contributed by atoms with van der Waals surface area (Å²) in [5.74, 6) is -0.336. The van der Waals surface area contributed by atoms with Crippen molar-refractivity contribution < 1.29 is 53.9 Å².